The van der Waals surface area contributed by atoms with Crippen LogP contribution in [0.4, 0.5) is 5.69 Å². The van der Waals surface area contributed by atoms with Gasteiger partial charge in [0.05, 0.1) is 11.9 Å². The van der Waals surface area contributed by atoms with Gasteiger partial charge in [-0.3, -0.25) is 15.0 Å². The van der Waals surface area contributed by atoms with Crippen LogP contribution in [0.3, 0.4) is 0 Å². The summed E-state index contributed by atoms with van der Waals surface area (Å²) in [4.78, 5) is 25.1. The first-order valence-corrected chi connectivity index (χ1v) is 6.41. The molecule has 1 saturated heterocycles. The van der Waals surface area contributed by atoms with Gasteiger partial charge >= 0.3 is 0 Å². The van der Waals surface area contributed by atoms with Gasteiger partial charge in [-0.25, -0.2) is 10.5 Å². The zero-order chi connectivity index (χ0) is 13.8. The highest BCUT2D eigenvalue weighted by molar-refractivity contribution is 5.74. The molecule has 19 heavy (non-hydrogen) atoms. The maximum absolute atomic E-state index is 11.9. The summed E-state index contributed by atoms with van der Waals surface area (Å²) in [7, 11) is 0. The summed E-state index contributed by atoms with van der Waals surface area (Å²) in [5, 5.41) is 4.01. The Labute approximate surface area is 111 Å². The Balaban J connectivity index is 2.10. The molecule has 7 nitrogen and oxygen atoms in total. The number of carbonyl (C=O) groups is 1. The second-order valence-electron chi connectivity index (χ2n) is 4.95. The second-order valence-corrected chi connectivity index (χ2v) is 4.95. The van der Waals surface area contributed by atoms with E-state index in [1.54, 1.807) is 6.20 Å². The lowest BCUT2D eigenvalue weighted by atomic mass is 9.99. The van der Waals surface area contributed by atoms with Crippen molar-refractivity contribution < 1.29 is 4.79 Å². The Bertz CT molecular complexity index is 505. The van der Waals surface area contributed by atoms with E-state index < -0.39 is 5.91 Å². The number of nitrogens with one attached hydrogen (secondary N) is 1. The van der Waals surface area contributed by atoms with Crippen molar-refractivity contribution in [1.82, 2.24) is 15.2 Å². The van der Waals surface area contributed by atoms with Gasteiger partial charge < -0.3 is 4.90 Å². The first-order valence-electron chi connectivity index (χ1n) is 6.41. The van der Waals surface area contributed by atoms with Gasteiger partial charge in [-0.15, -0.1) is 0 Å². The predicted molar refractivity (Wildman–Crippen MR) is 71.4 cm³/mol. The van der Waals surface area contributed by atoms with E-state index >= 15 is 0 Å². The molecule has 1 amide bonds. The van der Waals surface area contributed by atoms with E-state index in [4.69, 9.17) is 5.84 Å². The predicted octanol–water partition coefficient (Wildman–Crippen LogP) is -0.530. The molecule has 0 bridgehead atoms. The lowest BCUT2D eigenvalue weighted by Gasteiger charge is -2.31. The summed E-state index contributed by atoms with van der Waals surface area (Å²) < 4.78 is 1.10. The van der Waals surface area contributed by atoms with Crippen molar-refractivity contribution in [3.8, 4) is 0 Å². The maximum Gasteiger partial charge on any atom is 0.269 e. The average Bonchev–Trinajstić information content (AvgIpc) is 2.41. The fourth-order valence-corrected chi connectivity index (χ4v) is 2.16. The quantitative estimate of drug-likeness (QED) is 0.435. The van der Waals surface area contributed by atoms with E-state index in [0.29, 0.717) is 0 Å². The van der Waals surface area contributed by atoms with Crippen LogP contribution in [0, 0.1) is 5.92 Å². The molecule has 1 aromatic heterocycles. The molecule has 7 heteroatoms. The minimum atomic E-state index is -0.450. The van der Waals surface area contributed by atoms with Crippen LogP contribution in [0.25, 0.3) is 0 Å². The third-order valence-electron chi connectivity index (χ3n) is 3.46. The van der Waals surface area contributed by atoms with Gasteiger partial charge in [-0.05, 0) is 18.8 Å². The topological polar surface area (TPSA) is 93.2 Å². The molecule has 0 atom stereocenters. The van der Waals surface area contributed by atoms with Gasteiger partial charge in [0.1, 0.15) is 6.54 Å². The molecule has 2 heterocycles. The molecule has 1 aromatic rings. The SMILES string of the molecule is CC1CCN(c2cnn(CC(=O)NN)c(=O)c2)CC1. The lowest BCUT2D eigenvalue weighted by Crippen LogP contribution is -2.38. The molecule has 1 fully saturated rings. The number of rotatable bonds is 3. The summed E-state index contributed by atoms with van der Waals surface area (Å²) in [6.45, 7) is 3.96. The van der Waals surface area contributed by atoms with E-state index in [0.717, 1.165) is 42.2 Å². The molecule has 3 N–H and O–H groups in total. The molecule has 1 aliphatic rings. The molecule has 2 rings (SSSR count). The van der Waals surface area contributed by atoms with Crippen LogP contribution in [0.1, 0.15) is 19.8 Å². The van der Waals surface area contributed by atoms with Crippen LogP contribution in [-0.4, -0.2) is 28.8 Å². The Hall–Kier alpha value is -1.89. The van der Waals surface area contributed by atoms with Crippen molar-refractivity contribution in [3.63, 3.8) is 0 Å². The highest BCUT2D eigenvalue weighted by atomic mass is 16.2. The number of carbonyl (C=O) groups excluding carboxylic acids is 1. The number of hydrogen-bond acceptors (Lipinski definition) is 5. The van der Waals surface area contributed by atoms with E-state index in [2.05, 4.69) is 16.9 Å². The maximum atomic E-state index is 11.9. The summed E-state index contributed by atoms with van der Waals surface area (Å²) in [6.07, 6.45) is 3.87. The van der Waals surface area contributed by atoms with Crippen LogP contribution in [0.15, 0.2) is 17.1 Å². The summed E-state index contributed by atoms with van der Waals surface area (Å²) in [6, 6.07) is 1.52. The van der Waals surface area contributed by atoms with Crippen LogP contribution in [-0.2, 0) is 11.3 Å². The molecule has 0 aliphatic carbocycles. The first-order chi connectivity index (χ1) is 9.10. The molecule has 1 aliphatic heterocycles. The number of piperidine rings is 1. The van der Waals surface area contributed by atoms with Crippen LogP contribution in [0.2, 0.25) is 0 Å². The number of amides is 1. The number of anilines is 1. The van der Waals surface area contributed by atoms with Crippen LogP contribution < -0.4 is 21.7 Å². The van der Waals surface area contributed by atoms with Gasteiger partial charge in [-0.1, -0.05) is 6.92 Å². The Morgan fingerprint density at radius 3 is 2.79 bits per heavy atom. The van der Waals surface area contributed by atoms with Crippen LogP contribution in [0.5, 0.6) is 0 Å². The fraction of sp³-hybridized carbons (Fsp3) is 0.583. The molecule has 104 valence electrons. The fourth-order valence-electron chi connectivity index (χ4n) is 2.16. The number of aromatic nitrogens is 2. The highest BCUT2D eigenvalue weighted by Crippen LogP contribution is 2.20. The zero-order valence-electron chi connectivity index (χ0n) is 11.0. The average molecular weight is 265 g/mol. The van der Waals surface area contributed by atoms with Gasteiger partial charge in [0.15, 0.2) is 0 Å². The number of nitrogens with two attached hydrogens (primary N) is 1. The molecule has 0 spiro atoms. The van der Waals surface area contributed by atoms with Gasteiger partial charge in [0, 0.05) is 19.2 Å². The van der Waals surface area contributed by atoms with Crippen molar-refractivity contribution >= 4 is 11.6 Å². The van der Waals surface area contributed by atoms with Gasteiger partial charge in [-0.2, -0.15) is 5.10 Å². The van der Waals surface area contributed by atoms with Crippen molar-refractivity contribution in [2.24, 2.45) is 11.8 Å². The molecule has 0 radical (unpaired) electrons. The summed E-state index contributed by atoms with van der Waals surface area (Å²) >= 11 is 0. The van der Waals surface area contributed by atoms with Crippen molar-refractivity contribution in [2.45, 2.75) is 26.3 Å². The zero-order valence-corrected chi connectivity index (χ0v) is 11.0. The van der Waals surface area contributed by atoms with Gasteiger partial charge in [0.25, 0.3) is 11.5 Å². The Morgan fingerprint density at radius 1 is 1.53 bits per heavy atom. The third kappa shape index (κ3) is 3.31. The monoisotopic (exact) mass is 265 g/mol. The first kappa shape index (κ1) is 13.5. The second kappa shape index (κ2) is 5.83. The lowest BCUT2D eigenvalue weighted by molar-refractivity contribution is -0.122. The highest BCUT2D eigenvalue weighted by Gasteiger charge is 2.17. The number of hydrazine groups is 1. The normalized spacial score (nSPS) is 16.4. The Kier molecular flexibility index (Phi) is 4.16. The van der Waals surface area contributed by atoms with E-state index in [9.17, 15) is 9.59 Å². The van der Waals surface area contributed by atoms with E-state index in [1.165, 1.54) is 6.07 Å². The minimum Gasteiger partial charge on any atom is -0.370 e. The third-order valence-corrected chi connectivity index (χ3v) is 3.46. The molecular formula is C12H19N5O2. The minimum absolute atomic E-state index is 0.160. The van der Waals surface area contributed by atoms with Crippen molar-refractivity contribution in [2.75, 3.05) is 18.0 Å². The van der Waals surface area contributed by atoms with Crippen molar-refractivity contribution in [3.05, 3.63) is 22.6 Å². The Morgan fingerprint density at radius 2 is 2.21 bits per heavy atom. The largest absolute Gasteiger partial charge is 0.370 e. The number of nitrogens with zero attached hydrogens (tertiary/aromatic N) is 3. The molecule has 0 aromatic carbocycles. The number of hydrogen-bond donors (Lipinski definition) is 2. The molecular weight excluding hydrogens is 246 g/mol. The van der Waals surface area contributed by atoms with Gasteiger partial charge in [0.2, 0.25) is 0 Å². The van der Waals surface area contributed by atoms with Crippen LogP contribution >= 0.6 is 0 Å². The molecule has 0 unspecified atom stereocenters. The van der Waals surface area contributed by atoms with Crippen molar-refractivity contribution in [1.29, 1.82) is 0 Å². The summed E-state index contributed by atoms with van der Waals surface area (Å²) in [5.74, 6) is 5.26. The van der Waals surface area contributed by atoms with E-state index in [-0.39, 0.29) is 12.1 Å². The smallest absolute Gasteiger partial charge is 0.269 e. The molecule has 0 saturated carbocycles. The summed E-state index contributed by atoms with van der Waals surface area (Å²) in [5.41, 5.74) is 2.50. The van der Waals surface area contributed by atoms with E-state index in [1.807, 2.05) is 5.43 Å². The standard InChI is InChI=1S/C12H19N5O2/c1-9-2-4-16(5-3-9)10-6-12(19)17(14-7-10)8-11(18)15-13/h6-7,9H,2-5,8,13H2,1H3,(H,15,18).